The maximum atomic E-state index is 12.6. The molecule has 1 aliphatic rings. The van der Waals surface area contributed by atoms with E-state index in [0.29, 0.717) is 11.3 Å². The minimum Gasteiger partial charge on any atom is -0.423 e. The molecule has 1 atom stereocenters. The lowest BCUT2D eigenvalue weighted by Gasteiger charge is -2.24. The third kappa shape index (κ3) is 8.98. The molecule has 3 rings (SSSR count). The van der Waals surface area contributed by atoms with Gasteiger partial charge in [0.05, 0.1) is 5.56 Å². The highest BCUT2D eigenvalue weighted by atomic mass is 16.5. The zero-order valence-corrected chi connectivity index (χ0v) is 22.4. The van der Waals surface area contributed by atoms with Gasteiger partial charge in [-0.25, -0.2) is 4.79 Å². The van der Waals surface area contributed by atoms with E-state index in [1.54, 1.807) is 0 Å². The number of rotatable bonds is 14. The summed E-state index contributed by atoms with van der Waals surface area (Å²) in [5.41, 5.74) is 4.58. The molecule has 0 fully saturated rings. The minimum atomic E-state index is -0.289. The quantitative estimate of drug-likeness (QED) is 0.155. The van der Waals surface area contributed by atoms with E-state index < -0.39 is 0 Å². The zero-order valence-electron chi connectivity index (χ0n) is 22.4. The van der Waals surface area contributed by atoms with Gasteiger partial charge < -0.3 is 4.74 Å². The summed E-state index contributed by atoms with van der Waals surface area (Å²) in [6.45, 7) is 6.88. The molecule has 1 aliphatic carbocycles. The van der Waals surface area contributed by atoms with Crippen LogP contribution >= 0.6 is 0 Å². The Morgan fingerprint density at radius 1 is 0.914 bits per heavy atom. The molecule has 0 aliphatic heterocycles. The summed E-state index contributed by atoms with van der Waals surface area (Å²) in [5.74, 6) is 2.05. The first-order chi connectivity index (χ1) is 17.1. The summed E-state index contributed by atoms with van der Waals surface area (Å²) < 4.78 is 5.62. The van der Waals surface area contributed by atoms with Crippen molar-refractivity contribution in [1.82, 2.24) is 0 Å². The Bertz CT molecular complexity index is 903. The van der Waals surface area contributed by atoms with Gasteiger partial charge in [0, 0.05) is 0 Å². The lowest BCUT2D eigenvalue weighted by Crippen LogP contribution is -2.09. The SMILES string of the molecule is CCCCCCCc1ccc(OC(=O)c2ccc(C3=CCC(CCC(CC)CC)CC3)cc2)cc1. The number of carbonyl (C=O) groups excluding carboxylic acids is 1. The average molecular weight is 475 g/mol. The van der Waals surface area contributed by atoms with E-state index in [1.165, 1.54) is 87.3 Å². The summed E-state index contributed by atoms with van der Waals surface area (Å²) in [6, 6.07) is 16.0. The molecule has 2 heteroatoms. The van der Waals surface area contributed by atoms with Crippen LogP contribution in [0.1, 0.15) is 119 Å². The third-order valence-electron chi connectivity index (χ3n) is 7.85. The van der Waals surface area contributed by atoms with Gasteiger partial charge in [-0.15, -0.1) is 0 Å². The molecule has 35 heavy (non-hydrogen) atoms. The number of benzene rings is 2. The van der Waals surface area contributed by atoms with Crippen LogP contribution in [0.2, 0.25) is 0 Å². The largest absolute Gasteiger partial charge is 0.423 e. The van der Waals surface area contributed by atoms with Crippen LogP contribution in [0, 0.1) is 11.8 Å². The molecule has 0 bridgehead atoms. The molecule has 0 aromatic heterocycles. The van der Waals surface area contributed by atoms with Gasteiger partial charge in [0.2, 0.25) is 0 Å². The van der Waals surface area contributed by atoms with E-state index in [9.17, 15) is 4.79 Å². The monoisotopic (exact) mass is 474 g/mol. The van der Waals surface area contributed by atoms with Crippen molar-refractivity contribution in [2.45, 2.75) is 104 Å². The summed E-state index contributed by atoms with van der Waals surface area (Å²) >= 11 is 0. The highest BCUT2D eigenvalue weighted by Crippen LogP contribution is 2.34. The van der Waals surface area contributed by atoms with E-state index in [1.807, 2.05) is 24.3 Å². The Labute approximate surface area is 214 Å². The molecule has 0 saturated carbocycles. The summed E-state index contributed by atoms with van der Waals surface area (Å²) in [4.78, 5) is 12.6. The summed E-state index contributed by atoms with van der Waals surface area (Å²) in [6.07, 6.45) is 18.9. The smallest absolute Gasteiger partial charge is 0.343 e. The van der Waals surface area contributed by atoms with Crippen molar-refractivity contribution >= 4 is 11.5 Å². The van der Waals surface area contributed by atoms with Crippen LogP contribution in [-0.4, -0.2) is 5.97 Å². The molecule has 0 spiro atoms. The fourth-order valence-electron chi connectivity index (χ4n) is 5.22. The van der Waals surface area contributed by atoms with Gasteiger partial charge in [-0.2, -0.15) is 0 Å². The number of ether oxygens (including phenoxy) is 1. The third-order valence-corrected chi connectivity index (χ3v) is 7.85. The van der Waals surface area contributed by atoms with Crippen LogP contribution in [0.25, 0.3) is 5.57 Å². The Balaban J connectivity index is 1.46. The molecule has 1 unspecified atom stereocenters. The van der Waals surface area contributed by atoms with Crippen LogP contribution in [0.3, 0.4) is 0 Å². The van der Waals surface area contributed by atoms with Gasteiger partial charge in [0.25, 0.3) is 0 Å². The normalized spacial score (nSPS) is 15.8. The second-order valence-electron chi connectivity index (χ2n) is 10.4. The first-order valence-electron chi connectivity index (χ1n) is 14.2. The summed E-state index contributed by atoms with van der Waals surface area (Å²) in [7, 11) is 0. The zero-order chi connectivity index (χ0) is 24.9. The number of unbranched alkanes of at least 4 members (excludes halogenated alkanes) is 4. The van der Waals surface area contributed by atoms with E-state index in [4.69, 9.17) is 4.74 Å². The van der Waals surface area contributed by atoms with E-state index in [2.05, 4.69) is 51.1 Å². The lowest BCUT2D eigenvalue weighted by molar-refractivity contribution is 0.0734. The van der Waals surface area contributed by atoms with Crippen molar-refractivity contribution in [3.05, 3.63) is 71.3 Å². The Hall–Kier alpha value is -2.35. The van der Waals surface area contributed by atoms with Crippen molar-refractivity contribution in [2.24, 2.45) is 11.8 Å². The number of esters is 1. The fraction of sp³-hybridized carbons (Fsp3) is 0.545. The number of allylic oxidation sites excluding steroid dienone is 2. The van der Waals surface area contributed by atoms with Crippen molar-refractivity contribution in [1.29, 1.82) is 0 Å². The van der Waals surface area contributed by atoms with Crippen LogP contribution in [0.15, 0.2) is 54.6 Å². The molecule has 0 N–H and O–H groups in total. The Morgan fingerprint density at radius 2 is 1.63 bits per heavy atom. The Morgan fingerprint density at radius 3 is 2.26 bits per heavy atom. The van der Waals surface area contributed by atoms with Crippen LogP contribution in [-0.2, 0) is 6.42 Å². The molecule has 0 saturated heterocycles. The van der Waals surface area contributed by atoms with Crippen LogP contribution < -0.4 is 4.74 Å². The van der Waals surface area contributed by atoms with Crippen molar-refractivity contribution in [3.8, 4) is 5.75 Å². The lowest BCUT2D eigenvalue weighted by atomic mass is 9.82. The number of hydrogen-bond acceptors (Lipinski definition) is 2. The number of aryl methyl sites for hydroxylation is 1. The molecule has 2 nitrogen and oxygen atoms in total. The number of carbonyl (C=O) groups is 1. The molecular weight excluding hydrogens is 428 g/mol. The van der Waals surface area contributed by atoms with Crippen LogP contribution in [0.5, 0.6) is 5.75 Å². The second kappa shape index (κ2) is 14.9. The highest BCUT2D eigenvalue weighted by Gasteiger charge is 2.17. The molecule has 0 radical (unpaired) electrons. The first kappa shape index (κ1) is 27.2. The van der Waals surface area contributed by atoms with Gasteiger partial charge in [-0.05, 0) is 91.3 Å². The summed E-state index contributed by atoms with van der Waals surface area (Å²) in [5, 5.41) is 0. The number of hydrogen-bond donors (Lipinski definition) is 0. The molecule has 0 amide bonds. The van der Waals surface area contributed by atoms with Crippen LogP contribution in [0.4, 0.5) is 0 Å². The fourth-order valence-corrected chi connectivity index (χ4v) is 5.22. The topological polar surface area (TPSA) is 26.3 Å². The first-order valence-corrected chi connectivity index (χ1v) is 14.2. The molecular formula is C33H46O2. The molecule has 2 aromatic rings. The van der Waals surface area contributed by atoms with Gasteiger partial charge in [-0.3, -0.25) is 0 Å². The minimum absolute atomic E-state index is 0.289. The van der Waals surface area contributed by atoms with E-state index in [-0.39, 0.29) is 5.97 Å². The highest BCUT2D eigenvalue weighted by molar-refractivity contribution is 5.91. The second-order valence-corrected chi connectivity index (χ2v) is 10.4. The van der Waals surface area contributed by atoms with E-state index >= 15 is 0 Å². The Kier molecular flexibility index (Phi) is 11.6. The molecule has 2 aromatic carbocycles. The van der Waals surface area contributed by atoms with Gasteiger partial charge in [0.15, 0.2) is 0 Å². The molecule has 190 valence electrons. The molecule has 0 heterocycles. The van der Waals surface area contributed by atoms with E-state index in [0.717, 1.165) is 24.7 Å². The predicted molar refractivity (Wildman–Crippen MR) is 149 cm³/mol. The van der Waals surface area contributed by atoms with Gasteiger partial charge in [-0.1, -0.05) is 96.1 Å². The standard InChI is InChI=1S/C33H46O2/c1-4-7-8-9-10-11-27-16-24-32(25-17-27)35-33(34)31-22-20-30(21-23-31)29-18-14-28(15-19-29)13-12-26(5-2)6-3/h16-18,20-26,28H,4-15,19H2,1-3H3. The van der Waals surface area contributed by atoms with Crippen molar-refractivity contribution < 1.29 is 9.53 Å². The average Bonchev–Trinajstić information content (AvgIpc) is 2.90. The van der Waals surface area contributed by atoms with Gasteiger partial charge >= 0.3 is 5.97 Å². The maximum Gasteiger partial charge on any atom is 0.343 e. The maximum absolute atomic E-state index is 12.6. The predicted octanol–water partition coefficient (Wildman–Crippen LogP) is 9.82. The van der Waals surface area contributed by atoms with Crippen molar-refractivity contribution in [2.75, 3.05) is 0 Å². The van der Waals surface area contributed by atoms with Gasteiger partial charge in [0.1, 0.15) is 5.75 Å². The van der Waals surface area contributed by atoms with Crippen molar-refractivity contribution in [3.63, 3.8) is 0 Å².